The zero-order valence-electron chi connectivity index (χ0n) is 9.54. The first-order valence-corrected chi connectivity index (χ1v) is 5.89. The Kier molecular flexibility index (Phi) is 3.34. The van der Waals surface area contributed by atoms with E-state index in [2.05, 4.69) is 15.5 Å². The maximum atomic E-state index is 11.9. The molecule has 5 nitrogen and oxygen atoms in total. The molecule has 0 spiro atoms. The molecule has 0 saturated heterocycles. The van der Waals surface area contributed by atoms with Crippen LogP contribution in [-0.2, 0) is 0 Å². The number of carbonyl (C=O) groups is 1. The summed E-state index contributed by atoms with van der Waals surface area (Å²) >= 11 is 1.29. The van der Waals surface area contributed by atoms with Crippen molar-refractivity contribution in [3.63, 3.8) is 0 Å². The van der Waals surface area contributed by atoms with Crippen molar-refractivity contribution >= 4 is 28.1 Å². The van der Waals surface area contributed by atoms with Gasteiger partial charge in [-0.25, -0.2) is 0 Å². The lowest BCUT2D eigenvalue weighted by Crippen LogP contribution is -2.14. The van der Waals surface area contributed by atoms with Crippen LogP contribution in [0.2, 0.25) is 0 Å². The maximum absolute atomic E-state index is 11.9. The van der Waals surface area contributed by atoms with Gasteiger partial charge in [0.15, 0.2) is 0 Å². The van der Waals surface area contributed by atoms with Gasteiger partial charge in [-0.3, -0.25) is 10.1 Å². The van der Waals surface area contributed by atoms with Crippen molar-refractivity contribution in [2.75, 3.05) is 24.3 Å². The van der Waals surface area contributed by atoms with E-state index < -0.39 is 0 Å². The van der Waals surface area contributed by atoms with E-state index in [1.54, 1.807) is 11.6 Å². The summed E-state index contributed by atoms with van der Waals surface area (Å²) in [6.07, 6.45) is 0. The van der Waals surface area contributed by atoms with Crippen LogP contribution < -0.4 is 10.2 Å². The number of rotatable bonds is 3. The van der Waals surface area contributed by atoms with E-state index in [9.17, 15) is 4.79 Å². The minimum Gasteiger partial charge on any atom is -0.378 e. The van der Waals surface area contributed by atoms with Gasteiger partial charge < -0.3 is 4.90 Å². The number of nitrogens with one attached hydrogen (secondary N) is 1. The fourth-order valence-electron chi connectivity index (χ4n) is 1.32. The van der Waals surface area contributed by atoms with Gasteiger partial charge in [0.25, 0.3) is 5.91 Å². The third kappa shape index (κ3) is 2.79. The second-order valence-corrected chi connectivity index (χ2v) is 4.48. The van der Waals surface area contributed by atoms with Crippen LogP contribution in [0, 0.1) is 0 Å². The molecule has 1 aromatic carbocycles. The Morgan fingerprint density at radius 2 is 2.24 bits per heavy atom. The van der Waals surface area contributed by atoms with Crippen LogP contribution in [0.1, 0.15) is 10.4 Å². The molecule has 1 amide bonds. The molecule has 0 radical (unpaired) electrons. The van der Waals surface area contributed by atoms with Crippen molar-refractivity contribution < 1.29 is 4.79 Å². The molecule has 1 heterocycles. The van der Waals surface area contributed by atoms with Crippen molar-refractivity contribution in [2.24, 2.45) is 0 Å². The number of nitrogens with zero attached hydrogens (tertiary/aromatic N) is 3. The molecule has 0 aliphatic carbocycles. The van der Waals surface area contributed by atoms with Crippen molar-refractivity contribution in [2.45, 2.75) is 0 Å². The van der Waals surface area contributed by atoms with Crippen LogP contribution in [0.5, 0.6) is 0 Å². The van der Waals surface area contributed by atoms with Gasteiger partial charge in [-0.15, -0.1) is 10.2 Å². The van der Waals surface area contributed by atoms with Crippen LogP contribution >= 0.6 is 11.3 Å². The highest BCUT2D eigenvalue weighted by atomic mass is 32.1. The SMILES string of the molecule is CN(C)c1cccc(C(=O)Nc2nncs2)c1. The quantitative estimate of drug-likeness (QED) is 0.900. The number of anilines is 2. The number of hydrogen-bond acceptors (Lipinski definition) is 5. The second kappa shape index (κ2) is 4.92. The van der Waals surface area contributed by atoms with E-state index >= 15 is 0 Å². The van der Waals surface area contributed by atoms with Gasteiger partial charge in [0.05, 0.1) is 0 Å². The molecular weight excluding hydrogens is 236 g/mol. The average Bonchev–Trinajstić information content (AvgIpc) is 2.82. The summed E-state index contributed by atoms with van der Waals surface area (Å²) in [5, 5.41) is 10.6. The first-order valence-electron chi connectivity index (χ1n) is 5.02. The number of carbonyl (C=O) groups excluding carboxylic acids is 1. The molecular formula is C11H12N4OS. The van der Waals surface area contributed by atoms with Crippen LogP contribution in [0.25, 0.3) is 0 Å². The van der Waals surface area contributed by atoms with E-state index in [0.29, 0.717) is 10.7 Å². The molecule has 2 aromatic rings. The van der Waals surface area contributed by atoms with Crippen LogP contribution in [0.3, 0.4) is 0 Å². The van der Waals surface area contributed by atoms with Gasteiger partial charge >= 0.3 is 0 Å². The molecule has 0 bridgehead atoms. The number of hydrogen-bond donors (Lipinski definition) is 1. The fraction of sp³-hybridized carbons (Fsp3) is 0.182. The summed E-state index contributed by atoms with van der Waals surface area (Å²) in [6.45, 7) is 0. The first kappa shape index (κ1) is 11.5. The molecule has 2 rings (SSSR count). The van der Waals surface area contributed by atoms with Gasteiger partial charge in [0.1, 0.15) is 5.51 Å². The van der Waals surface area contributed by atoms with Gasteiger partial charge in [0.2, 0.25) is 5.13 Å². The average molecular weight is 248 g/mol. The van der Waals surface area contributed by atoms with Gasteiger partial charge in [-0.05, 0) is 18.2 Å². The third-order valence-electron chi connectivity index (χ3n) is 2.21. The van der Waals surface area contributed by atoms with Gasteiger partial charge in [-0.1, -0.05) is 17.4 Å². The lowest BCUT2D eigenvalue weighted by atomic mass is 10.2. The lowest BCUT2D eigenvalue weighted by molar-refractivity contribution is 0.102. The lowest BCUT2D eigenvalue weighted by Gasteiger charge is -2.13. The summed E-state index contributed by atoms with van der Waals surface area (Å²) in [5.41, 5.74) is 3.16. The molecule has 1 N–H and O–H groups in total. The normalized spacial score (nSPS) is 10.0. The summed E-state index contributed by atoms with van der Waals surface area (Å²) in [6, 6.07) is 7.39. The summed E-state index contributed by atoms with van der Waals surface area (Å²) in [7, 11) is 3.86. The van der Waals surface area contributed by atoms with E-state index in [-0.39, 0.29) is 5.91 Å². The van der Waals surface area contributed by atoms with Crippen molar-refractivity contribution in [3.8, 4) is 0 Å². The minimum atomic E-state index is -0.176. The fourth-order valence-corrected chi connectivity index (χ4v) is 1.76. The summed E-state index contributed by atoms with van der Waals surface area (Å²) in [4.78, 5) is 13.8. The highest BCUT2D eigenvalue weighted by Gasteiger charge is 2.08. The van der Waals surface area contributed by atoms with Crippen LogP contribution in [0.4, 0.5) is 10.8 Å². The van der Waals surface area contributed by atoms with E-state index in [0.717, 1.165) is 5.69 Å². The standard InChI is InChI=1S/C11H12N4OS/c1-15(2)9-5-3-4-8(6-9)10(16)13-11-14-12-7-17-11/h3-7H,1-2H3,(H,13,14,16). The molecule has 0 aliphatic heterocycles. The van der Waals surface area contributed by atoms with E-state index in [1.165, 1.54) is 11.3 Å². The molecule has 6 heteroatoms. The molecule has 17 heavy (non-hydrogen) atoms. The smallest absolute Gasteiger partial charge is 0.257 e. The maximum Gasteiger partial charge on any atom is 0.257 e. The topological polar surface area (TPSA) is 58.1 Å². The first-order chi connectivity index (χ1) is 8.16. The predicted octanol–water partition coefficient (Wildman–Crippen LogP) is 1.86. The predicted molar refractivity (Wildman–Crippen MR) is 68.6 cm³/mol. The number of benzene rings is 1. The van der Waals surface area contributed by atoms with Crippen molar-refractivity contribution in [1.29, 1.82) is 0 Å². The third-order valence-corrected chi connectivity index (χ3v) is 2.81. The Morgan fingerprint density at radius 3 is 2.88 bits per heavy atom. The Bertz CT molecular complexity index is 510. The zero-order chi connectivity index (χ0) is 12.3. The summed E-state index contributed by atoms with van der Waals surface area (Å²) in [5.74, 6) is -0.176. The van der Waals surface area contributed by atoms with E-state index in [1.807, 2.05) is 37.2 Å². The number of amides is 1. The Hall–Kier alpha value is -1.95. The Morgan fingerprint density at radius 1 is 1.41 bits per heavy atom. The van der Waals surface area contributed by atoms with Gasteiger partial charge in [0, 0.05) is 25.3 Å². The highest BCUT2D eigenvalue weighted by Crippen LogP contribution is 2.15. The Labute approximate surface area is 103 Å². The molecule has 0 atom stereocenters. The Balaban J connectivity index is 2.16. The molecule has 0 fully saturated rings. The van der Waals surface area contributed by atoms with E-state index in [4.69, 9.17) is 0 Å². The molecule has 0 saturated carbocycles. The van der Waals surface area contributed by atoms with Crippen LogP contribution in [0.15, 0.2) is 29.8 Å². The number of aromatic nitrogens is 2. The summed E-state index contributed by atoms with van der Waals surface area (Å²) < 4.78 is 0. The second-order valence-electron chi connectivity index (χ2n) is 3.64. The molecule has 0 unspecified atom stereocenters. The molecule has 0 aliphatic rings. The zero-order valence-corrected chi connectivity index (χ0v) is 10.4. The van der Waals surface area contributed by atoms with Crippen molar-refractivity contribution in [1.82, 2.24) is 10.2 Å². The van der Waals surface area contributed by atoms with Crippen molar-refractivity contribution in [3.05, 3.63) is 35.3 Å². The monoisotopic (exact) mass is 248 g/mol. The van der Waals surface area contributed by atoms with Crippen LogP contribution in [-0.4, -0.2) is 30.2 Å². The minimum absolute atomic E-state index is 0.176. The van der Waals surface area contributed by atoms with Gasteiger partial charge in [-0.2, -0.15) is 0 Å². The molecule has 88 valence electrons. The molecule has 1 aromatic heterocycles. The highest BCUT2D eigenvalue weighted by molar-refractivity contribution is 7.13. The largest absolute Gasteiger partial charge is 0.378 e.